The third-order valence-corrected chi connectivity index (χ3v) is 3.25. The molecule has 3 atom stereocenters. The smallest absolute Gasteiger partial charge is 0.0258 e. The van der Waals surface area contributed by atoms with Gasteiger partial charge in [0.25, 0.3) is 0 Å². The minimum absolute atomic E-state index is 0.528. The lowest BCUT2D eigenvalue weighted by atomic mass is 9.89. The fraction of sp³-hybridized carbons (Fsp3) is 0.667. The van der Waals surface area contributed by atoms with Crippen LogP contribution in [0.2, 0.25) is 0 Å². The van der Waals surface area contributed by atoms with E-state index in [-0.39, 0.29) is 0 Å². The lowest BCUT2D eigenvalue weighted by Gasteiger charge is -2.24. The average Bonchev–Trinajstić information content (AvgIpc) is 1.99. The van der Waals surface area contributed by atoms with Crippen molar-refractivity contribution in [2.45, 2.75) is 45.6 Å². The van der Waals surface area contributed by atoms with Crippen LogP contribution in [0.1, 0.15) is 39.5 Å². The normalized spacial score (nSPS) is 19.2. The molecule has 3 unspecified atom stereocenters. The van der Waals surface area contributed by atoms with Crippen LogP contribution in [0.5, 0.6) is 0 Å². The minimum atomic E-state index is 0.528. The molecule has 0 radical (unpaired) electrons. The first-order valence-electron chi connectivity index (χ1n) is 5.48. The highest BCUT2D eigenvalue weighted by molar-refractivity contribution is 7.22. The lowest BCUT2D eigenvalue weighted by Crippen LogP contribution is -2.29. The molecule has 0 bridgehead atoms. The van der Waals surface area contributed by atoms with Gasteiger partial charge in [-0.05, 0) is 38.5 Å². The zero-order chi connectivity index (χ0) is 10.6. The zero-order valence-electron chi connectivity index (χ0n) is 9.34. The van der Waals surface area contributed by atoms with Crippen LogP contribution in [0.15, 0.2) is 23.7 Å². The van der Waals surface area contributed by atoms with Crippen molar-refractivity contribution in [1.29, 1.82) is 0 Å². The van der Waals surface area contributed by atoms with E-state index in [2.05, 4.69) is 41.1 Å². The van der Waals surface area contributed by atoms with Crippen molar-refractivity contribution >= 4 is 9.24 Å². The molecule has 0 aromatic carbocycles. The second kappa shape index (κ2) is 5.56. The van der Waals surface area contributed by atoms with Gasteiger partial charge in [-0.15, -0.1) is 0 Å². The van der Waals surface area contributed by atoms with Gasteiger partial charge < -0.3 is 5.32 Å². The summed E-state index contributed by atoms with van der Waals surface area (Å²) in [7, 11) is 2.61. The summed E-state index contributed by atoms with van der Waals surface area (Å²) in [6, 6.07) is 0.528. The third-order valence-electron chi connectivity index (χ3n) is 3.09. The summed E-state index contributed by atoms with van der Waals surface area (Å²) >= 11 is 0. The summed E-state index contributed by atoms with van der Waals surface area (Å²) in [5.74, 6) is 0.716. The number of hydrogen-bond donors (Lipinski definition) is 1. The van der Waals surface area contributed by atoms with Gasteiger partial charge in [0, 0.05) is 11.5 Å². The van der Waals surface area contributed by atoms with Crippen molar-refractivity contribution in [2.75, 3.05) is 0 Å². The maximum atomic E-state index is 3.84. The summed E-state index contributed by atoms with van der Waals surface area (Å²) in [6.07, 6.45) is 7.60. The summed E-state index contributed by atoms with van der Waals surface area (Å²) in [5, 5.41) is 3.35. The highest BCUT2D eigenvalue weighted by atomic mass is 31.0. The van der Waals surface area contributed by atoms with Gasteiger partial charge in [0.1, 0.15) is 0 Å². The molecule has 1 N–H and O–H groups in total. The summed E-state index contributed by atoms with van der Waals surface area (Å²) in [6.45, 7) is 8.38. The number of allylic oxidation sites excluding steroid dienone is 2. The SMILES string of the molecule is C=C(P)NC(C)C(C)CCC1=CCC1. The van der Waals surface area contributed by atoms with E-state index in [4.69, 9.17) is 0 Å². The number of rotatable bonds is 6. The molecule has 0 fully saturated rings. The van der Waals surface area contributed by atoms with Gasteiger partial charge in [-0.1, -0.05) is 34.4 Å². The molecule has 0 spiro atoms. The van der Waals surface area contributed by atoms with E-state index in [9.17, 15) is 0 Å². The number of nitrogens with one attached hydrogen (secondary N) is 1. The Hall–Kier alpha value is -0.290. The van der Waals surface area contributed by atoms with Crippen LogP contribution in [0.3, 0.4) is 0 Å². The first-order valence-corrected chi connectivity index (χ1v) is 6.06. The Morgan fingerprint density at radius 1 is 1.64 bits per heavy atom. The molecular weight excluding hydrogens is 189 g/mol. The molecule has 1 aliphatic rings. The van der Waals surface area contributed by atoms with E-state index in [1.165, 1.54) is 25.7 Å². The molecule has 0 saturated heterocycles. The molecule has 0 aliphatic heterocycles. The molecule has 14 heavy (non-hydrogen) atoms. The quantitative estimate of drug-likeness (QED) is 0.524. The molecule has 1 nitrogen and oxygen atoms in total. The van der Waals surface area contributed by atoms with Crippen molar-refractivity contribution in [2.24, 2.45) is 5.92 Å². The van der Waals surface area contributed by atoms with Gasteiger partial charge in [-0.25, -0.2) is 0 Å². The third kappa shape index (κ3) is 3.84. The standard InChI is InChI=1S/C12H22NP/c1-9(10(2)13-11(3)14)7-8-12-5-4-6-12/h5,9-10,13H,3-4,6-8,14H2,1-2H3. The Balaban J connectivity index is 2.18. The fourth-order valence-electron chi connectivity index (χ4n) is 1.67. The van der Waals surface area contributed by atoms with Crippen molar-refractivity contribution in [3.8, 4) is 0 Å². The maximum Gasteiger partial charge on any atom is 0.0258 e. The van der Waals surface area contributed by atoms with Gasteiger partial charge in [0.2, 0.25) is 0 Å². The predicted octanol–water partition coefficient (Wildman–Crippen LogP) is 3.45. The van der Waals surface area contributed by atoms with E-state index in [1.54, 1.807) is 5.57 Å². The first-order chi connectivity index (χ1) is 6.59. The Morgan fingerprint density at radius 3 is 2.71 bits per heavy atom. The Labute approximate surface area is 90.2 Å². The molecule has 0 amide bonds. The topological polar surface area (TPSA) is 12.0 Å². The van der Waals surface area contributed by atoms with E-state index < -0.39 is 0 Å². The summed E-state index contributed by atoms with van der Waals surface area (Å²) in [4.78, 5) is 0. The highest BCUT2D eigenvalue weighted by Crippen LogP contribution is 2.25. The second-order valence-corrected chi connectivity index (χ2v) is 5.07. The monoisotopic (exact) mass is 211 g/mol. The van der Waals surface area contributed by atoms with Crippen LogP contribution in [-0.2, 0) is 0 Å². The van der Waals surface area contributed by atoms with Gasteiger partial charge in [-0.2, -0.15) is 0 Å². The molecule has 0 heterocycles. The molecule has 0 aromatic heterocycles. The Kier molecular flexibility index (Phi) is 4.68. The van der Waals surface area contributed by atoms with Crippen molar-refractivity contribution in [1.82, 2.24) is 5.32 Å². The summed E-state index contributed by atoms with van der Waals surface area (Å²) in [5.41, 5.74) is 2.65. The Morgan fingerprint density at radius 2 is 2.29 bits per heavy atom. The lowest BCUT2D eigenvalue weighted by molar-refractivity contribution is 0.406. The van der Waals surface area contributed by atoms with Crippen molar-refractivity contribution < 1.29 is 0 Å². The average molecular weight is 211 g/mol. The molecular formula is C12H22NP. The molecule has 1 rings (SSSR count). The van der Waals surface area contributed by atoms with Crippen LogP contribution in [0, 0.1) is 5.92 Å². The van der Waals surface area contributed by atoms with Crippen molar-refractivity contribution in [3.63, 3.8) is 0 Å². The van der Waals surface area contributed by atoms with Gasteiger partial charge in [0.15, 0.2) is 0 Å². The van der Waals surface area contributed by atoms with E-state index in [0.717, 1.165) is 5.44 Å². The molecule has 0 aromatic rings. The van der Waals surface area contributed by atoms with Crippen LogP contribution in [0.4, 0.5) is 0 Å². The van der Waals surface area contributed by atoms with Gasteiger partial charge in [-0.3, -0.25) is 0 Å². The van der Waals surface area contributed by atoms with Gasteiger partial charge >= 0.3 is 0 Å². The molecule has 0 saturated carbocycles. The van der Waals surface area contributed by atoms with Crippen LogP contribution >= 0.6 is 9.24 Å². The van der Waals surface area contributed by atoms with E-state index >= 15 is 0 Å². The largest absolute Gasteiger partial charge is 0.383 e. The molecule has 80 valence electrons. The number of hydrogen-bond acceptors (Lipinski definition) is 1. The molecule has 2 heteroatoms. The highest BCUT2D eigenvalue weighted by Gasteiger charge is 2.13. The minimum Gasteiger partial charge on any atom is -0.383 e. The van der Waals surface area contributed by atoms with Crippen LogP contribution in [0.25, 0.3) is 0 Å². The van der Waals surface area contributed by atoms with Gasteiger partial charge in [0.05, 0.1) is 0 Å². The second-order valence-electron chi connectivity index (χ2n) is 4.38. The van der Waals surface area contributed by atoms with E-state index in [1.807, 2.05) is 0 Å². The molecule has 1 aliphatic carbocycles. The first kappa shape index (κ1) is 11.8. The van der Waals surface area contributed by atoms with Crippen LogP contribution in [-0.4, -0.2) is 6.04 Å². The van der Waals surface area contributed by atoms with E-state index in [0.29, 0.717) is 12.0 Å². The van der Waals surface area contributed by atoms with Crippen LogP contribution < -0.4 is 5.32 Å². The zero-order valence-corrected chi connectivity index (χ0v) is 10.5. The predicted molar refractivity (Wildman–Crippen MR) is 67.2 cm³/mol. The fourth-order valence-corrected chi connectivity index (χ4v) is 1.94. The Bertz CT molecular complexity index is 232. The summed E-state index contributed by atoms with van der Waals surface area (Å²) < 4.78 is 0. The van der Waals surface area contributed by atoms with Crippen molar-refractivity contribution in [3.05, 3.63) is 23.7 Å². The maximum absolute atomic E-state index is 3.84.